The van der Waals surface area contributed by atoms with Gasteiger partial charge in [0.05, 0.1) is 29.8 Å². The SMILES string of the molecule is Cc1ccncc1N(c1ccc(C(F)(F)F)cc1)C1CCN(c2ncc(S(C)(=O)=O)cn2)CC1. The van der Waals surface area contributed by atoms with Gasteiger partial charge in [-0.25, -0.2) is 18.4 Å². The summed E-state index contributed by atoms with van der Waals surface area (Å²) in [7, 11) is -3.37. The van der Waals surface area contributed by atoms with Gasteiger partial charge in [0.2, 0.25) is 5.95 Å². The van der Waals surface area contributed by atoms with Gasteiger partial charge in [-0.1, -0.05) is 0 Å². The normalized spacial score (nSPS) is 15.4. The number of aryl methyl sites for hydroxylation is 1. The summed E-state index contributed by atoms with van der Waals surface area (Å²) in [5.41, 5.74) is 1.78. The van der Waals surface area contributed by atoms with Crippen LogP contribution in [0.1, 0.15) is 24.0 Å². The summed E-state index contributed by atoms with van der Waals surface area (Å²) in [5.74, 6) is 0.449. The van der Waals surface area contributed by atoms with Crippen molar-refractivity contribution in [2.24, 2.45) is 0 Å². The summed E-state index contributed by atoms with van der Waals surface area (Å²) in [6, 6.07) is 7.08. The van der Waals surface area contributed by atoms with Crippen LogP contribution >= 0.6 is 0 Å². The first-order valence-electron chi connectivity index (χ1n) is 10.7. The second-order valence-corrected chi connectivity index (χ2v) is 10.3. The molecule has 0 aliphatic carbocycles. The Hall–Kier alpha value is -3.21. The lowest BCUT2D eigenvalue weighted by atomic mass is 10.0. The van der Waals surface area contributed by atoms with E-state index in [4.69, 9.17) is 0 Å². The summed E-state index contributed by atoms with van der Waals surface area (Å²) >= 11 is 0. The summed E-state index contributed by atoms with van der Waals surface area (Å²) in [6.45, 7) is 3.17. The molecule has 0 bridgehead atoms. The molecule has 0 radical (unpaired) electrons. The molecule has 0 saturated carbocycles. The Kier molecular flexibility index (Phi) is 6.48. The van der Waals surface area contributed by atoms with E-state index in [0.29, 0.717) is 37.6 Å². The molecule has 3 heterocycles. The van der Waals surface area contributed by atoms with Gasteiger partial charge in [0.25, 0.3) is 0 Å². The van der Waals surface area contributed by atoms with Gasteiger partial charge in [-0.15, -0.1) is 0 Å². The Morgan fingerprint density at radius 1 is 1.00 bits per heavy atom. The number of pyridine rings is 1. The van der Waals surface area contributed by atoms with E-state index in [1.165, 1.54) is 24.5 Å². The fourth-order valence-corrected chi connectivity index (χ4v) is 4.54. The highest BCUT2D eigenvalue weighted by atomic mass is 32.2. The maximum Gasteiger partial charge on any atom is 0.416 e. The van der Waals surface area contributed by atoms with Crippen molar-refractivity contribution in [3.05, 3.63) is 66.2 Å². The smallest absolute Gasteiger partial charge is 0.341 e. The zero-order valence-electron chi connectivity index (χ0n) is 18.7. The monoisotopic (exact) mass is 491 g/mol. The Bertz CT molecular complexity index is 1240. The third-order valence-electron chi connectivity index (χ3n) is 5.90. The molecule has 34 heavy (non-hydrogen) atoms. The standard InChI is InChI=1S/C23H24F3N5O2S/c1-16-7-10-27-15-21(16)31(18-5-3-17(4-6-18)23(24,25)26)19-8-11-30(12-9-19)22-28-13-20(14-29-22)34(2,32)33/h3-7,10,13-15,19H,8-9,11-12H2,1-2H3. The number of anilines is 3. The van der Waals surface area contributed by atoms with Gasteiger partial charge in [-0.2, -0.15) is 13.2 Å². The lowest BCUT2D eigenvalue weighted by Gasteiger charge is -2.40. The van der Waals surface area contributed by atoms with Crippen molar-refractivity contribution in [2.45, 2.75) is 36.9 Å². The first-order valence-corrected chi connectivity index (χ1v) is 12.6. The average Bonchev–Trinajstić information content (AvgIpc) is 2.80. The molecule has 180 valence electrons. The maximum atomic E-state index is 13.1. The number of nitrogens with zero attached hydrogens (tertiary/aromatic N) is 5. The lowest BCUT2D eigenvalue weighted by molar-refractivity contribution is -0.137. The fourth-order valence-electron chi connectivity index (χ4n) is 4.05. The van der Waals surface area contributed by atoms with Crippen molar-refractivity contribution < 1.29 is 21.6 Å². The van der Waals surface area contributed by atoms with E-state index in [1.54, 1.807) is 12.4 Å². The van der Waals surface area contributed by atoms with Gasteiger partial charge >= 0.3 is 6.18 Å². The van der Waals surface area contributed by atoms with Crippen molar-refractivity contribution in [3.8, 4) is 0 Å². The quantitative estimate of drug-likeness (QED) is 0.523. The van der Waals surface area contributed by atoms with Gasteiger partial charge < -0.3 is 9.80 Å². The van der Waals surface area contributed by atoms with E-state index in [9.17, 15) is 21.6 Å². The van der Waals surface area contributed by atoms with Crippen LogP contribution in [0.5, 0.6) is 0 Å². The number of alkyl halides is 3. The Morgan fingerprint density at radius 3 is 2.15 bits per heavy atom. The highest BCUT2D eigenvalue weighted by molar-refractivity contribution is 7.90. The zero-order chi connectivity index (χ0) is 24.5. The lowest BCUT2D eigenvalue weighted by Crippen LogP contribution is -2.44. The minimum absolute atomic E-state index is 0.0196. The van der Waals surface area contributed by atoms with E-state index in [1.807, 2.05) is 22.8 Å². The summed E-state index contributed by atoms with van der Waals surface area (Å²) in [4.78, 5) is 16.7. The summed E-state index contributed by atoms with van der Waals surface area (Å²) in [5, 5.41) is 0. The molecule has 0 atom stereocenters. The average molecular weight is 492 g/mol. The summed E-state index contributed by atoms with van der Waals surface area (Å²) in [6.07, 6.45) is 4.13. The molecule has 4 rings (SSSR count). The predicted molar refractivity (Wildman–Crippen MR) is 123 cm³/mol. The molecule has 1 saturated heterocycles. The van der Waals surface area contributed by atoms with Crippen LogP contribution in [-0.2, 0) is 16.0 Å². The van der Waals surface area contributed by atoms with Gasteiger partial charge in [-0.05, 0) is 55.7 Å². The van der Waals surface area contributed by atoms with E-state index in [0.717, 1.165) is 29.6 Å². The molecule has 0 amide bonds. The number of sulfone groups is 1. The maximum absolute atomic E-state index is 13.1. The fraction of sp³-hybridized carbons (Fsp3) is 0.348. The molecule has 1 aliphatic heterocycles. The molecule has 0 unspecified atom stereocenters. The van der Waals surface area contributed by atoms with Gasteiger partial charge in [0.15, 0.2) is 9.84 Å². The number of halogens is 3. The van der Waals surface area contributed by atoms with Gasteiger partial charge in [0, 0.05) is 37.3 Å². The van der Waals surface area contributed by atoms with Crippen molar-refractivity contribution in [2.75, 3.05) is 29.1 Å². The number of hydrogen-bond donors (Lipinski definition) is 0. The molecule has 2 aromatic heterocycles. The summed E-state index contributed by atoms with van der Waals surface area (Å²) < 4.78 is 62.5. The third kappa shape index (κ3) is 5.14. The highest BCUT2D eigenvalue weighted by Gasteiger charge is 2.32. The Morgan fingerprint density at radius 2 is 1.62 bits per heavy atom. The molecule has 1 fully saturated rings. The van der Waals surface area contributed by atoms with Crippen molar-refractivity contribution in [1.82, 2.24) is 15.0 Å². The number of hydrogen-bond acceptors (Lipinski definition) is 7. The topological polar surface area (TPSA) is 79.3 Å². The van der Waals surface area contributed by atoms with Crippen molar-refractivity contribution >= 4 is 27.2 Å². The second-order valence-electron chi connectivity index (χ2n) is 8.29. The van der Waals surface area contributed by atoms with Crippen LogP contribution in [0.15, 0.2) is 60.0 Å². The molecule has 1 aromatic carbocycles. The first-order chi connectivity index (χ1) is 16.0. The van der Waals surface area contributed by atoms with Crippen LogP contribution in [0.4, 0.5) is 30.5 Å². The molecular formula is C23H24F3N5O2S. The third-order valence-corrected chi connectivity index (χ3v) is 6.97. The van der Waals surface area contributed by atoms with Crippen molar-refractivity contribution in [1.29, 1.82) is 0 Å². The zero-order valence-corrected chi connectivity index (χ0v) is 19.5. The predicted octanol–water partition coefficient (Wildman–Crippen LogP) is 4.41. The van der Waals surface area contributed by atoms with E-state index in [2.05, 4.69) is 15.0 Å². The number of aromatic nitrogens is 3. The van der Waals surface area contributed by atoms with E-state index in [-0.39, 0.29) is 10.9 Å². The Labute approximate surface area is 196 Å². The molecule has 3 aromatic rings. The minimum atomic E-state index is -4.40. The molecule has 7 nitrogen and oxygen atoms in total. The Balaban J connectivity index is 1.57. The van der Waals surface area contributed by atoms with E-state index >= 15 is 0 Å². The molecule has 11 heteroatoms. The van der Waals surface area contributed by atoms with Crippen LogP contribution in [-0.4, -0.2) is 48.8 Å². The largest absolute Gasteiger partial charge is 0.416 e. The van der Waals surface area contributed by atoms with E-state index < -0.39 is 21.6 Å². The van der Waals surface area contributed by atoms with Crippen LogP contribution in [0, 0.1) is 6.92 Å². The molecule has 0 spiro atoms. The van der Waals surface area contributed by atoms with Crippen LogP contribution < -0.4 is 9.80 Å². The number of rotatable bonds is 5. The first kappa shape index (κ1) is 23.9. The molecule has 0 N–H and O–H groups in total. The molecular weight excluding hydrogens is 467 g/mol. The van der Waals surface area contributed by atoms with Gasteiger partial charge in [-0.3, -0.25) is 4.98 Å². The van der Waals surface area contributed by atoms with Crippen LogP contribution in [0.2, 0.25) is 0 Å². The van der Waals surface area contributed by atoms with Crippen LogP contribution in [0.25, 0.3) is 0 Å². The molecule has 1 aliphatic rings. The number of piperidine rings is 1. The highest BCUT2D eigenvalue weighted by Crippen LogP contribution is 2.36. The van der Waals surface area contributed by atoms with Gasteiger partial charge in [0.1, 0.15) is 4.90 Å². The second kappa shape index (κ2) is 9.21. The van der Waals surface area contributed by atoms with Crippen LogP contribution in [0.3, 0.4) is 0 Å². The number of benzene rings is 1. The minimum Gasteiger partial charge on any atom is -0.341 e. The van der Waals surface area contributed by atoms with Crippen molar-refractivity contribution in [3.63, 3.8) is 0 Å².